The third kappa shape index (κ3) is 3.67. The Kier molecular flexibility index (Phi) is 4.39. The van der Waals surface area contributed by atoms with Crippen molar-refractivity contribution in [2.75, 3.05) is 10.6 Å². The number of carbonyl (C=O) groups excluding carboxylic acids is 2. The quantitative estimate of drug-likeness (QED) is 0.805. The van der Waals surface area contributed by atoms with Crippen LogP contribution < -0.4 is 10.6 Å². The Balaban J connectivity index is 2.11. The maximum Gasteiger partial charge on any atom is 0.346 e. The molecule has 0 radical (unpaired) electrons. The van der Waals surface area contributed by atoms with Crippen molar-refractivity contribution in [3.63, 3.8) is 0 Å². The number of carbonyl (C=O) groups is 3. The Morgan fingerprint density at radius 1 is 1.10 bits per heavy atom. The minimum Gasteiger partial charge on any atom is -0.477 e. The number of nitrogens with one attached hydrogen (secondary N) is 2. The van der Waals surface area contributed by atoms with E-state index in [9.17, 15) is 14.4 Å². The zero-order chi connectivity index (χ0) is 15.6. The van der Waals surface area contributed by atoms with Gasteiger partial charge in [0, 0.05) is 6.92 Å². The molecule has 0 bridgehead atoms. The van der Waals surface area contributed by atoms with Crippen LogP contribution >= 0.6 is 22.7 Å². The summed E-state index contributed by atoms with van der Waals surface area (Å²) < 4.78 is 0. The third-order valence-corrected chi connectivity index (χ3v) is 4.62. The fourth-order valence-corrected chi connectivity index (χ4v) is 3.38. The molecule has 0 aromatic carbocycles. The molecule has 8 heteroatoms. The van der Waals surface area contributed by atoms with Crippen molar-refractivity contribution in [1.29, 1.82) is 0 Å². The third-order valence-electron chi connectivity index (χ3n) is 2.48. The molecule has 110 valence electrons. The van der Waals surface area contributed by atoms with Gasteiger partial charge in [0.2, 0.25) is 5.91 Å². The summed E-state index contributed by atoms with van der Waals surface area (Å²) in [6, 6.07) is 4.86. The van der Waals surface area contributed by atoms with Gasteiger partial charge in [0.1, 0.15) is 4.88 Å². The van der Waals surface area contributed by atoms with Crippen LogP contribution in [0.25, 0.3) is 0 Å². The molecule has 6 nitrogen and oxygen atoms in total. The molecule has 0 aliphatic heterocycles. The fourth-order valence-electron chi connectivity index (χ4n) is 1.63. The van der Waals surface area contributed by atoms with Gasteiger partial charge in [-0.25, -0.2) is 4.79 Å². The van der Waals surface area contributed by atoms with Crippen LogP contribution in [0.4, 0.5) is 10.0 Å². The van der Waals surface area contributed by atoms with Gasteiger partial charge in [-0.2, -0.15) is 0 Å². The molecule has 0 unspecified atom stereocenters. The van der Waals surface area contributed by atoms with Crippen molar-refractivity contribution in [1.82, 2.24) is 0 Å². The van der Waals surface area contributed by atoms with Gasteiger partial charge in [-0.15, -0.1) is 22.7 Å². The maximum absolute atomic E-state index is 12.0. The van der Waals surface area contributed by atoms with Gasteiger partial charge >= 0.3 is 5.97 Å². The SMILES string of the molecule is CC(=O)Nc1ccc(C(=O)Nc2cc(C)c(C(=O)O)s2)s1. The molecule has 2 rings (SSSR count). The second-order valence-corrected chi connectivity index (χ2v) is 6.36. The molecule has 0 spiro atoms. The van der Waals surface area contributed by atoms with Crippen LogP contribution in [0.2, 0.25) is 0 Å². The average Bonchev–Trinajstić information content (AvgIpc) is 2.95. The van der Waals surface area contributed by atoms with E-state index < -0.39 is 5.97 Å². The number of carboxylic acid groups (broad SMARTS) is 1. The highest BCUT2D eigenvalue weighted by Crippen LogP contribution is 2.28. The lowest BCUT2D eigenvalue weighted by Crippen LogP contribution is -2.08. The molecule has 0 aliphatic rings. The second kappa shape index (κ2) is 6.06. The minimum absolute atomic E-state index is 0.204. The number of hydrogen-bond acceptors (Lipinski definition) is 5. The zero-order valence-electron chi connectivity index (χ0n) is 11.2. The van der Waals surface area contributed by atoms with Crippen LogP contribution in [0, 0.1) is 6.92 Å². The van der Waals surface area contributed by atoms with E-state index in [1.807, 2.05) is 0 Å². The largest absolute Gasteiger partial charge is 0.477 e. The summed E-state index contributed by atoms with van der Waals surface area (Å²) in [5.74, 6) is -1.55. The van der Waals surface area contributed by atoms with Crippen LogP contribution in [0.5, 0.6) is 0 Å². The van der Waals surface area contributed by atoms with Gasteiger partial charge in [-0.05, 0) is 30.7 Å². The van der Waals surface area contributed by atoms with Crippen molar-refractivity contribution in [3.05, 3.63) is 33.5 Å². The molecule has 3 N–H and O–H groups in total. The topological polar surface area (TPSA) is 95.5 Å². The monoisotopic (exact) mass is 324 g/mol. The van der Waals surface area contributed by atoms with Crippen molar-refractivity contribution in [2.24, 2.45) is 0 Å². The van der Waals surface area contributed by atoms with Crippen molar-refractivity contribution in [3.8, 4) is 0 Å². The van der Waals surface area contributed by atoms with Gasteiger partial charge in [0.25, 0.3) is 5.91 Å². The van der Waals surface area contributed by atoms with Crippen LogP contribution in [0.3, 0.4) is 0 Å². The molecule has 2 heterocycles. The predicted octanol–water partition coefficient (Wildman–Crippen LogP) is 3.03. The van der Waals surface area contributed by atoms with E-state index in [2.05, 4.69) is 10.6 Å². The number of thiophene rings is 2. The molecular weight excluding hydrogens is 312 g/mol. The van der Waals surface area contributed by atoms with Gasteiger partial charge in [0.05, 0.1) is 14.9 Å². The van der Waals surface area contributed by atoms with Crippen LogP contribution in [-0.2, 0) is 4.79 Å². The molecule has 0 saturated carbocycles. The number of rotatable bonds is 4. The minimum atomic E-state index is -1.01. The Bertz CT molecular complexity index is 718. The molecule has 0 atom stereocenters. The maximum atomic E-state index is 12.0. The van der Waals surface area contributed by atoms with E-state index >= 15 is 0 Å². The number of anilines is 2. The summed E-state index contributed by atoms with van der Waals surface area (Å²) in [6.07, 6.45) is 0. The average molecular weight is 324 g/mol. The first-order valence-corrected chi connectivity index (χ1v) is 7.52. The number of hydrogen-bond donors (Lipinski definition) is 3. The summed E-state index contributed by atoms with van der Waals surface area (Å²) in [4.78, 5) is 34.6. The summed E-state index contributed by atoms with van der Waals surface area (Å²) in [7, 11) is 0. The Morgan fingerprint density at radius 3 is 2.38 bits per heavy atom. The van der Waals surface area contributed by atoms with Crippen LogP contribution in [0.15, 0.2) is 18.2 Å². The highest BCUT2D eigenvalue weighted by Gasteiger charge is 2.15. The molecule has 21 heavy (non-hydrogen) atoms. The molecular formula is C13H12N2O4S2. The fraction of sp³-hybridized carbons (Fsp3) is 0.154. The summed E-state index contributed by atoms with van der Waals surface area (Å²) >= 11 is 2.16. The Morgan fingerprint density at radius 2 is 1.81 bits per heavy atom. The zero-order valence-corrected chi connectivity index (χ0v) is 12.9. The molecule has 0 saturated heterocycles. The van der Waals surface area contributed by atoms with Crippen molar-refractivity contribution >= 4 is 50.5 Å². The Hall–Kier alpha value is -2.19. The highest BCUT2D eigenvalue weighted by atomic mass is 32.1. The summed E-state index contributed by atoms with van der Waals surface area (Å²) in [5, 5.41) is 15.3. The van der Waals surface area contributed by atoms with E-state index in [0.717, 1.165) is 22.7 Å². The normalized spacial score (nSPS) is 10.2. The second-order valence-electron chi connectivity index (χ2n) is 4.23. The van der Waals surface area contributed by atoms with Gasteiger partial charge in [0.15, 0.2) is 0 Å². The van der Waals surface area contributed by atoms with E-state index in [4.69, 9.17) is 5.11 Å². The van der Waals surface area contributed by atoms with Crippen LogP contribution in [-0.4, -0.2) is 22.9 Å². The standard InChI is InChI=1S/C13H12N2O4S2/c1-6-5-10(21-11(6)13(18)19)15-12(17)8-3-4-9(20-8)14-7(2)16/h3-5H,1-2H3,(H,14,16)(H,15,17)(H,18,19). The lowest BCUT2D eigenvalue weighted by atomic mass is 10.3. The summed E-state index contributed by atoms with van der Waals surface area (Å²) in [6.45, 7) is 3.07. The van der Waals surface area contributed by atoms with Crippen molar-refractivity contribution in [2.45, 2.75) is 13.8 Å². The molecule has 2 amide bonds. The number of carboxylic acids is 1. The Labute approximate surface area is 128 Å². The molecule has 2 aromatic rings. The molecule has 2 aromatic heterocycles. The number of aromatic carboxylic acids is 1. The van der Waals surface area contributed by atoms with E-state index in [-0.39, 0.29) is 16.7 Å². The predicted molar refractivity (Wildman–Crippen MR) is 82.6 cm³/mol. The van der Waals surface area contributed by atoms with E-state index in [1.165, 1.54) is 6.92 Å². The van der Waals surface area contributed by atoms with Gasteiger partial charge in [-0.3, -0.25) is 9.59 Å². The first-order valence-electron chi connectivity index (χ1n) is 5.89. The number of amides is 2. The highest BCUT2D eigenvalue weighted by molar-refractivity contribution is 7.19. The smallest absolute Gasteiger partial charge is 0.346 e. The van der Waals surface area contributed by atoms with E-state index in [1.54, 1.807) is 25.1 Å². The molecule has 0 fully saturated rings. The lowest BCUT2D eigenvalue weighted by Gasteiger charge is -1.99. The first-order chi connectivity index (χ1) is 9.86. The van der Waals surface area contributed by atoms with E-state index in [0.29, 0.717) is 20.4 Å². The molecule has 0 aliphatic carbocycles. The van der Waals surface area contributed by atoms with Gasteiger partial charge < -0.3 is 15.7 Å². The first kappa shape index (κ1) is 15.2. The summed E-state index contributed by atoms with van der Waals surface area (Å²) in [5.41, 5.74) is 0.605. The number of aryl methyl sites for hydroxylation is 1. The van der Waals surface area contributed by atoms with Crippen LogP contribution in [0.1, 0.15) is 31.8 Å². The van der Waals surface area contributed by atoms with Gasteiger partial charge in [-0.1, -0.05) is 0 Å². The van der Waals surface area contributed by atoms with Crippen molar-refractivity contribution < 1.29 is 19.5 Å². The lowest BCUT2D eigenvalue weighted by molar-refractivity contribution is -0.114.